The van der Waals surface area contributed by atoms with Gasteiger partial charge in [-0.25, -0.2) is 4.98 Å². The Morgan fingerprint density at radius 2 is 2.20 bits per heavy atom. The fraction of sp³-hybridized carbons (Fsp3) is 0.368. The molecule has 1 aliphatic rings. The van der Waals surface area contributed by atoms with E-state index < -0.39 is 0 Å². The molecule has 2 aromatic rings. The predicted molar refractivity (Wildman–Crippen MR) is 96.0 cm³/mol. The minimum absolute atomic E-state index is 0.0583. The molecule has 2 heterocycles. The summed E-state index contributed by atoms with van der Waals surface area (Å²) in [6, 6.07) is 5.32. The molecule has 0 bridgehead atoms. The molecular weight excluding hydrogens is 316 g/mol. The van der Waals surface area contributed by atoms with Crippen LogP contribution >= 0.6 is 0 Å². The van der Waals surface area contributed by atoms with Gasteiger partial charge in [-0.05, 0) is 30.5 Å². The molecule has 0 spiro atoms. The third-order valence-electron chi connectivity index (χ3n) is 4.44. The lowest BCUT2D eigenvalue weighted by Gasteiger charge is -2.10. The molecule has 1 amide bonds. The van der Waals surface area contributed by atoms with Crippen LogP contribution in [0.2, 0.25) is 0 Å². The summed E-state index contributed by atoms with van der Waals surface area (Å²) in [4.78, 5) is 32.4. The van der Waals surface area contributed by atoms with Gasteiger partial charge in [-0.1, -0.05) is 18.9 Å². The zero-order valence-corrected chi connectivity index (χ0v) is 14.1. The van der Waals surface area contributed by atoms with Crippen LogP contribution in [0.3, 0.4) is 0 Å². The molecule has 0 aliphatic heterocycles. The summed E-state index contributed by atoms with van der Waals surface area (Å²) in [5, 5.41) is 2.76. The molecule has 6 nitrogen and oxygen atoms in total. The van der Waals surface area contributed by atoms with Crippen molar-refractivity contribution in [2.75, 3.05) is 6.54 Å². The number of pyridine rings is 1. The van der Waals surface area contributed by atoms with E-state index in [-0.39, 0.29) is 11.5 Å². The first-order valence-corrected chi connectivity index (χ1v) is 8.65. The Labute approximate surface area is 146 Å². The topological polar surface area (TPSA) is 76.9 Å². The SMILES string of the molecule is O=C(/C=C/c1cccnc1)NCCn1cnc(C2CCCC2)cc1=O. The van der Waals surface area contributed by atoms with Crippen LogP contribution in [-0.4, -0.2) is 27.0 Å². The van der Waals surface area contributed by atoms with E-state index in [0.29, 0.717) is 19.0 Å². The number of aromatic nitrogens is 3. The third-order valence-corrected chi connectivity index (χ3v) is 4.44. The maximum atomic E-state index is 12.2. The smallest absolute Gasteiger partial charge is 0.253 e. The zero-order valence-electron chi connectivity index (χ0n) is 14.1. The number of carbonyl (C=O) groups is 1. The molecule has 0 saturated heterocycles. The first kappa shape index (κ1) is 17.1. The van der Waals surface area contributed by atoms with Crippen LogP contribution in [0.5, 0.6) is 0 Å². The Balaban J connectivity index is 1.49. The van der Waals surface area contributed by atoms with Gasteiger partial charge in [0.1, 0.15) is 0 Å². The summed E-state index contributed by atoms with van der Waals surface area (Å²) in [7, 11) is 0. The van der Waals surface area contributed by atoms with Gasteiger partial charge in [0.25, 0.3) is 5.56 Å². The normalized spacial score (nSPS) is 14.9. The van der Waals surface area contributed by atoms with E-state index in [1.807, 2.05) is 12.1 Å². The van der Waals surface area contributed by atoms with Gasteiger partial charge in [-0.2, -0.15) is 0 Å². The van der Waals surface area contributed by atoms with Gasteiger partial charge in [-0.15, -0.1) is 0 Å². The van der Waals surface area contributed by atoms with E-state index in [9.17, 15) is 9.59 Å². The highest BCUT2D eigenvalue weighted by atomic mass is 16.1. The lowest BCUT2D eigenvalue weighted by Crippen LogP contribution is -2.30. The molecule has 0 radical (unpaired) electrons. The van der Waals surface area contributed by atoms with Gasteiger partial charge in [0, 0.05) is 43.5 Å². The van der Waals surface area contributed by atoms with Crippen molar-refractivity contribution in [3.05, 3.63) is 64.6 Å². The second-order valence-corrected chi connectivity index (χ2v) is 6.24. The van der Waals surface area contributed by atoms with E-state index in [1.54, 1.807) is 30.9 Å². The van der Waals surface area contributed by atoms with Crippen molar-refractivity contribution >= 4 is 12.0 Å². The highest BCUT2D eigenvalue weighted by Crippen LogP contribution is 2.32. The quantitative estimate of drug-likeness (QED) is 0.819. The van der Waals surface area contributed by atoms with Crippen LogP contribution in [0.4, 0.5) is 0 Å². The summed E-state index contributed by atoms with van der Waals surface area (Å²) in [5.41, 5.74) is 1.71. The molecule has 0 aromatic carbocycles. The molecule has 2 aromatic heterocycles. The van der Waals surface area contributed by atoms with Crippen molar-refractivity contribution in [1.82, 2.24) is 19.9 Å². The fourth-order valence-corrected chi connectivity index (χ4v) is 3.06. The van der Waals surface area contributed by atoms with Crippen LogP contribution in [0.15, 0.2) is 47.8 Å². The summed E-state index contributed by atoms with van der Waals surface area (Å²) in [5.74, 6) is 0.229. The highest BCUT2D eigenvalue weighted by Gasteiger charge is 2.18. The van der Waals surface area contributed by atoms with Crippen LogP contribution in [0.1, 0.15) is 42.9 Å². The lowest BCUT2D eigenvalue weighted by molar-refractivity contribution is -0.116. The van der Waals surface area contributed by atoms with Crippen LogP contribution < -0.4 is 10.9 Å². The monoisotopic (exact) mass is 338 g/mol. The number of amides is 1. The van der Waals surface area contributed by atoms with Gasteiger partial charge in [0.05, 0.1) is 12.0 Å². The van der Waals surface area contributed by atoms with Crippen molar-refractivity contribution in [2.24, 2.45) is 0 Å². The van der Waals surface area contributed by atoms with E-state index in [2.05, 4.69) is 15.3 Å². The first-order chi connectivity index (χ1) is 12.2. The summed E-state index contributed by atoms with van der Waals surface area (Å²) >= 11 is 0. The Morgan fingerprint density at radius 3 is 2.92 bits per heavy atom. The Bertz CT molecular complexity index is 793. The number of hydrogen-bond donors (Lipinski definition) is 1. The molecule has 1 N–H and O–H groups in total. The van der Waals surface area contributed by atoms with Crippen LogP contribution in [0.25, 0.3) is 6.08 Å². The van der Waals surface area contributed by atoms with E-state index in [4.69, 9.17) is 0 Å². The van der Waals surface area contributed by atoms with Gasteiger partial charge in [-0.3, -0.25) is 19.1 Å². The Hall–Kier alpha value is -2.76. The standard InChI is InChI=1S/C19H22N4O2/c24-18(8-7-15-4-3-9-20-13-15)21-10-11-23-14-22-17(12-19(23)25)16-5-1-2-6-16/h3-4,7-9,12-14,16H,1-2,5-6,10-11H2,(H,21,24)/b8-7+. The maximum absolute atomic E-state index is 12.2. The minimum Gasteiger partial charge on any atom is -0.351 e. The van der Waals surface area contributed by atoms with Gasteiger partial charge >= 0.3 is 0 Å². The molecule has 6 heteroatoms. The zero-order chi connectivity index (χ0) is 17.5. The molecule has 1 saturated carbocycles. The fourth-order valence-electron chi connectivity index (χ4n) is 3.06. The van der Waals surface area contributed by atoms with Gasteiger partial charge < -0.3 is 5.32 Å². The number of rotatable bonds is 6. The van der Waals surface area contributed by atoms with Gasteiger partial charge in [0.2, 0.25) is 5.91 Å². The van der Waals surface area contributed by atoms with E-state index in [0.717, 1.165) is 24.1 Å². The van der Waals surface area contributed by atoms with Crippen molar-refractivity contribution in [3.63, 3.8) is 0 Å². The summed E-state index contributed by atoms with van der Waals surface area (Å²) in [6.45, 7) is 0.782. The predicted octanol–water partition coefficient (Wildman–Crippen LogP) is 2.13. The molecule has 0 unspecified atom stereocenters. The molecular formula is C19H22N4O2. The Morgan fingerprint density at radius 1 is 1.36 bits per heavy atom. The average molecular weight is 338 g/mol. The van der Waals surface area contributed by atoms with E-state index >= 15 is 0 Å². The summed E-state index contributed by atoms with van der Waals surface area (Å²) in [6.07, 6.45) is 12.8. The molecule has 3 rings (SSSR count). The summed E-state index contributed by atoms with van der Waals surface area (Å²) < 4.78 is 1.53. The average Bonchev–Trinajstić information content (AvgIpc) is 3.17. The second-order valence-electron chi connectivity index (χ2n) is 6.24. The molecule has 0 atom stereocenters. The van der Waals surface area contributed by atoms with E-state index in [1.165, 1.54) is 23.5 Å². The number of nitrogens with zero attached hydrogens (tertiary/aromatic N) is 3. The molecule has 1 aliphatic carbocycles. The van der Waals surface area contributed by atoms with Crippen molar-refractivity contribution < 1.29 is 4.79 Å². The first-order valence-electron chi connectivity index (χ1n) is 8.65. The van der Waals surface area contributed by atoms with Crippen molar-refractivity contribution in [2.45, 2.75) is 38.1 Å². The van der Waals surface area contributed by atoms with Crippen molar-refractivity contribution in [1.29, 1.82) is 0 Å². The lowest BCUT2D eigenvalue weighted by atomic mass is 10.0. The second kappa shape index (κ2) is 8.37. The maximum Gasteiger partial charge on any atom is 0.253 e. The highest BCUT2D eigenvalue weighted by molar-refractivity contribution is 5.91. The Kier molecular flexibility index (Phi) is 5.72. The van der Waals surface area contributed by atoms with Crippen molar-refractivity contribution in [3.8, 4) is 0 Å². The molecule has 25 heavy (non-hydrogen) atoms. The molecule has 1 fully saturated rings. The van der Waals surface area contributed by atoms with Gasteiger partial charge in [0.15, 0.2) is 0 Å². The van der Waals surface area contributed by atoms with Crippen LogP contribution in [-0.2, 0) is 11.3 Å². The third kappa shape index (κ3) is 4.86. The molecule has 130 valence electrons. The number of carbonyl (C=O) groups excluding carboxylic acids is 1. The van der Waals surface area contributed by atoms with Crippen LogP contribution in [0, 0.1) is 0 Å². The number of hydrogen-bond acceptors (Lipinski definition) is 4. The number of nitrogens with one attached hydrogen (secondary N) is 1. The largest absolute Gasteiger partial charge is 0.351 e. The minimum atomic E-state index is -0.201.